The lowest BCUT2D eigenvalue weighted by Crippen LogP contribution is -2.47. The van der Waals surface area contributed by atoms with Gasteiger partial charge in [0.05, 0.1) is 12.5 Å². The smallest absolute Gasteiger partial charge is 0.410 e. The highest BCUT2D eigenvalue weighted by molar-refractivity contribution is 5.76. The number of nitrogens with zero attached hydrogens (tertiary/aromatic N) is 1. The fourth-order valence-corrected chi connectivity index (χ4v) is 3.91. The summed E-state index contributed by atoms with van der Waals surface area (Å²) in [6, 6.07) is 18.5. The molecule has 0 saturated carbocycles. The molecule has 0 N–H and O–H groups in total. The summed E-state index contributed by atoms with van der Waals surface area (Å²) in [5, 5.41) is 0. The highest BCUT2D eigenvalue weighted by atomic mass is 16.6. The van der Waals surface area contributed by atoms with Crippen molar-refractivity contribution in [3.05, 3.63) is 60.2 Å². The van der Waals surface area contributed by atoms with E-state index in [9.17, 15) is 9.59 Å². The number of rotatable bonds is 4. The van der Waals surface area contributed by atoms with Gasteiger partial charge in [-0.25, -0.2) is 4.79 Å². The van der Waals surface area contributed by atoms with Gasteiger partial charge in [-0.2, -0.15) is 0 Å². The molecule has 160 valence electrons. The second kappa shape index (κ2) is 9.33. The summed E-state index contributed by atoms with van der Waals surface area (Å²) in [6.07, 6.45) is 0.300. The van der Waals surface area contributed by atoms with E-state index in [4.69, 9.17) is 9.47 Å². The van der Waals surface area contributed by atoms with Gasteiger partial charge in [-0.1, -0.05) is 54.6 Å². The molecule has 5 nitrogen and oxygen atoms in total. The minimum absolute atomic E-state index is 0.00796. The quantitative estimate of drug-likeness (QED) is 0.647. The molecule has 1 saturated heterocycles. The molecular formula is C25H31NO4. The van der Waals surface area contributed by atoms with Gasteiger partial charge in [-0.15, -0.1) is 0 Å². The maximum Gasteiger partial charge on any atom is 0.410 e. The zero-order valence-electron chi connectivity index (χ0n) is 18.3. The summed E-state index contributed by atoms with van der Waals surface area (Å²) in [7, 11) is 0. The first-order chi connectivity index (χ1) is 14.3. The number of amides is 1. The van der Waals surface area contributed by atoms with Crippen molar-refractivity contribution in [3.63, 3.8) is 0 Å². The van der Waals surface area contributed by atoms with Crippen molar-refractivity contribution < 1.29 is 19.1 Å². The molecular weight excluding hydrogens is 378 g/mol. The third-order valence-corrected chi connectivity index (χ3v) is 5.28. The minimum Gasteiger partial charge on any atom is -0.466 e. The van der Waals surface area contributed by atoms with Crippen LogP contribution in [0.4, 0.5) is 4.79 Å². The number of piperidine rings is 1. The molecule has 1 amide bonds. The van der Waals surface area contributed by atoms with Crippen molar-refractivity contribution in [2.24, 2.45) is 5.92 Å². The van der Waals surface area contributed by atoms with Crippen LogP contribution in [0.15, 0.2) is 54.6 Å². The van der Waals surface area contributed by atoms with E-state index in [1.54, 1.807) is 11.8 Å². The van der Waals surface area contributed by atoms with Crippen molar-refractivity contribution in [1.29, 1.82) is 0 Å². The molecule has 0 spiro atoms. The molecule has 1 aliphatic rings. The van der Waals surface area contributed by atoms with E-state index in [0.29, 0.717) is 26.1 Å². The fraction of sp³-hybridized carbons (Fsp3) is 0.440. The van der Waals surface area contributed by atoms with Gasteiger partial charge < -0.3 is 14.4 Å². The Morgan fingerprint density at radius 2 is 1.73 bits per heavy atom. The lowest BCUT2D eigenvalue weighted by atomic mass is 9.79. The maximum atomic E-state index is 12.8. The molecule has 2 aromatic rings. The molecule has 5 heteroatoms. The number of carbonyl (C=O) groups excluding carboxylic acids is 2. The molecule has 2 atom stereocenters. The van der Waals surface area contributed by atoms with Crippen LogP contribution in [0.2, 0.25) is 0 Å². The minimum atomic E-state index is -0.572. The first-order valence-corrected chi connectivity index (χ1v) is 10.6. The predicted molar refractivity (Wildman–Crippen MR) is 117 cm³/mol. The zero-order chi connectivity index (χ0) is 21.7. The third-order valence-electron chi connectivity index (χ3n) is 5.28. The molecule has 0 bridgehead atoms. The molecule has 0 radical (unpaired) electrons. The largest absolute Gasteiger partial charge is 0.466 e. The summed E-state index contributed by atoms with van der Waals surface area (Å²) >= 11 is 0. The van der Waals surface area contributed by atoms with Crippen LogP contribution < -0.4 is 0 Å². The summed E-state index contributed by atoms with van der Waals surface area (Å²) in [5.41, 5.74) is 2.78. The number of hydrogen-bond acceptors (Lipinski definition) is 4. The molecule has 1 heterocycles. The monoisotopic (exact) mass is 409 g/mol. The van der Waals surface area contributed by atoms with Crippen molar-refractivity contribution in [3.8, 4) is 11.1 Å². The van der Waals surface area contributed by atoms with E-state index in [1.807, 2.05) is 45.0 Å². The van der Waals surface area contributed by atoms with Crippen molar-refractivity contribution in [2.45, 2.75) is 45.6 Å². The highest BCUT2D eigenvalue weighted by Crippen LogP contribution is 2.36. The van der Waals surface area contributed by atoms with E-state index < -0.39 is 11.5 Å². The van der Waals surface area contributed by atoms with Crippen LogP contribution in [-0.2, 0) is 14.3 Å². The second-order valence-electron chi connectivity index (χ2n) is 8.67. The van der Waals surface area contributed by atoms with E-state index in [0.717, 1.165) is 16.7 Å². The number of esters is 1. The van der Waals surface area contributed by atoms with Gasteiger partial charge in [0.25, 0.3) is 0 Å². The molecule has 3 rings (SSSR count). The molecule has 0 aliphatic carbocycles. The van der Waals surface area contributed by atoms with Gasteiger partial charge in [0.2, 0.25) is 0 Å². The van der Waals surface area contributed by atoms with Crippen molar-refractivity contribution >= 4 is 12.1 Å². The van der Waals surface area contributed by atoms with Gasteiger partial charge in [0, 0.05) is 19.0 Å². The predicted octanol–water partition coefficient (Wildman–Crippen LogP) is 5.26. The van der Waals surface area contributed by atoms with Gasteiger partial charge in [-0.05, 0) is 50.8 Å². The molecule has 0 unspecified atom stereocenters. The summed E-state index contributed by atoms with van der Waals surface area (Å²) in [6.45, 7) is 8.50. The van der Waals surface area contributed by atoms with E-state index >= 15 is 0 Å². The SMILES string of the molecule is CCOC(=O)[C@@H]1CN(C(=O)OC(C)(C)C)CC[C@@H]1c1cccc(-c2ccccc2)c1. The Balaban J connectivity index is 1.85. The first-order valence-electron chi connectivity index (χ1n) is 10.6. The van der Waals surface area contributed by atoms with Gasteiger partial charge in [-0.3, -0.25) is 4.79 Å². The molecule has 30 heavy (non-hydrogen) atoms. The number of likely N-dealkylation sites (tertiary alicyclic amines) is 1. The van der Waals surface area contributed by atoms with Crippen LogP contribution in [0.1, 0.15) is 45.6 Å². The third kappa shape index (κ3) is 5.41. The van der Waals surface area contributed by atoms with E-state index in [1.165, 1.54) is 0 Å². The Morgan fingerprint density at radius 1 is 1.03 bits per heavy atom. The van der Waals surface area contributed by atoms with E-state index in [2.05, 4.69) is 30.3 Å². The Labute approximate surface area is 179 Å². The molecule has 1 aliphatic heterocycles. The van der Waals surface area contributed by atoms with Gasteiger partial charge in [0.15, 0.2) is 0 Å². The fourth-order valence-electron chi connectivity index (χ4n) is 3.91. The average molecular weight is 410 g/mol. The normalized spacial score (nSPS) is 19.3. The molecule has 0 aromatic heterocycles. The zero-order valence-corrected chi connectivity index (χ0v) is 18.3. The summed E-state index contributed by atoms with van der Waals surface area (Å²) < 4.78 is 10.9. The van der Waals surface area contributed by atoms with Crippen LogP contribution in [-0.4, -0.2) is 42.3 Å². The molecule has 2 aromatic carbocycles. The van der Waals surface area contributed by atoms with Crippen LogP contribution in [0.25, 0.3) is 11.1 Å². The number of ether oxygens (including phenoxy) is 2. The van der Waals surface area contributed by atoms with Crippen molar-refractivity contribution in [2.75, 3.05) is 19.7 Å². The van der Waals surface area contributed by atoms with Gasteiger partial charge >= 0.3 is 12.1 Å². The van der Waals surface area contributed by atoms with Crippen LogP contribution in [0.3, 0.4) is 0 Å². The average Bonchev–Trinajstić information content (AvgIpc) is 2.73. The Bertz CT molecular complexity index is 872. The second-order valence-corrected chi connectivity index (χ2v) is 8.67. The number of benzene rings is 2. The first kappa shape index (κ1) is 21.9. The van der Waals surface area contributed by atoms with Crippen molar-refractivity contribution in [1.82, 2.24) is 4.90 Å². The summed E-state index contributed by atoms with van der Waals surface area (Å²) in [4.78, 5) is 27.0. The topological polar surface area (TPSA) is 55.8 Å². The molecule has 1 fully saturated rings. The van der Waals surface area contributed by atoms with Gasteiger partial charge in [0.1, 0.15) is 5.60 Å². The Morgan fingerprint density at radius 3 is 2.40 bits per heavy atom. The Hall–Kier alpha value is -2.82. The maximum absolute atomic E-state index is 12.8. The Kier molecular flexibility index (Phi) is 6.80. The lowest BCUT2D eigenvalue weighted by Gasteiger charge is -2.38. The van der Waals surface area contributed by atoms with Crippen LogP contribution >= 0.6 is 0 Å². The standard InChI is InChI=1S/C25H31NO4/c1-5-29-23(27)22-17-26(24(28)30-25(2,3)4)15-14-21(22)20-13-9-12-19(16-20)18-10-7-6-8-11-18/h6-13,16,21-22H,5,14-15,17H2,1-4H3/t21-,22-/m1/s1. The van der Waals surface area contributed by atoms with E-state index in [-0.39, 0.29) is 18.0 Å². The van der Waals surface area contributed by atoms with Crippen LogP contribution in [0.5, 0.6) is 0 Å². The van der Waals surface area contributed by atoms with Crippen LogP contribution in [0, 0.1) is 5.92 Å². The highest BCUT2D eigenvalue weighted by Gasteiger charge is 2.39. The lowest BCUT2D eigenvalue weighted by molar-refractivity contribution is -0.150. The number of carbonyl (C=O) groups is 2. The number of hydrogen-bond donors (Lipinski definition) is 0. The summed E-state index contributed by atoms with van der Waals surface area (Å²) in [5.74, 6) is -0.690.